The summed E-state index contributed by atoms with van der Waals surface area (Å²) in [6.07, 6.45) is 2.16. The summed E-state index contributed by atoms with van der Waals surface area (Å²) in [7, 11) is 0. The van der Waals surface area contributed by atoms with Crippen molar-refractivity contribution in [2.45, 2.75) is 32.7 Å². The van der Waals surface area contributed by atoms with E-state index in [4.69, 9.17) is 0 Å². The molecule has 0 amide bonds. The minimum absolute atomic E-state index is 0. The molecule has 0 bridgehead atoms. The van der Waals surface area contributed by atoms with Gasteiger partial charge in [0.15, 0.2) is 0 Å². The molecule has 0 radical (unpaired) electrons. The van der Waals surface area contributed by atoms with Crippen molar-refractivity contribution in [1.29, 1.82) is 0 Å². The van der Waals surface area contributed by atoms with Crippen LogP contribution in [0.4, 0.5) is 5.69 Å². The Balaban J connectivity index is 0.00000264. The molecule has 1 aromatic rings. The molecule has 1 atom stereocenters. The van der Waals surface area contributed by atoms with Gasteiger partial charge in [0.25, 0.3) is 5.69 Å². The van der Waals surface area contributed by atoms with Crippen molar-refractivity contribution in [2.24, 2.45) is 5.92 Å². The summed E-state index contributed by atoms with van der Waals surface area (Å²) in [5.74, 6) is 0.635. The molecule has 1 fully saturated rings. The third-order valence-electron chi connectivity index (χ3n) is 4.16. The first kappa shape index (κ1) is 23.6. The summed E-state index contributed by atoms with van der Waals surface area (Å²) in [4.78, 5) is 13.3. The zero-order valence-corrected chi connectivity index (χ0v) is 17.3. The maximum Gasteiger partial charge on any atom is 0.283 e. The van der Waals surface area contributed by atoms with Crippen LogP contribution < -0.4 is 5.32 Å². The number of hydrogen-bond donors (Lipinski definition) is 1. The Kier molecular flexibility index (Phi) is 11.1. The highest BCUT2D eigenvalue weighted by Crippen LogP contribution is 2.33. The minimum Gasteiger partial charge on any atom is -0.314 e. The van der Waals surface area contributed by atoms with E-state index in [9.17, 15) is 10.1 Å². The summed E-state index contributed by atoms with van der Waals surface area (Å²) in [6, 6.07) is 5.82. The van der Waals surface area contributed by atoms with E-state index < -0.39 is 0 Å². The molecule has 2 rings (SSSR count). The Morgan fingerprint density at radius 2 is 1.88 bits per heavy atom. The van der Waals surface area contributed by atoms with Crippen LogP contribution >= 0.6 is 40.7 Å². The molecule has 1 saturated heterocycles. The second kappa shape index (κ2) is 11.3. The lowest BCUT2D eigenvalue weighted by Gasteiger charge is -2.35. The van der Waals surface area contributed by atoms with Gasteiger partial charge in [0, 0.05) is 38.3 Å². The molecule has 5 nitrogen and oxygen atoms in total. The SMILES string of the molecule is CC(C)CC[C@@H](c1ccc(Br)c([N+](=O)[O-])c1)N1CCNCC1.Cl.Cl. The topological polar surface area (TPSA) is 58.4 Å². The number of piperazine rings is 1. The fourth-order valence-electron chi connectivity index (χ4n) is 2.92. The Hall–Kier alpha value is -0.400. The molecule has 0 unspecified atom stereocenters. The summed E-state index contributed by atoms with van der Waals surface area (Å²) in [6.45, 7) is 8.39. The molecular formula is C16H26BrCl2N3O2. The Bertz CT molecular complexity index is 526. The molecule has 1 N–H and O–H groups in total. The second-order valence-corrected chi connectivity index (χ2v) is 7.10. The van der Waals surface area contributed by atoms with E-state index in [1.807, 2.05) is 6.07 Å². The highest BCUT2D eigenvalue weighted by molar-refractivity contribution is 9.10. The van der Waals surface area contributed by atoms with E-state index >= 15 is 0 Å². The molecule has 1 aliphatic rings. The summed E-state index contributed by atoms with van der Waals surface area (Å²) < 4.78 is 0.546. The van der Waals surface area contributed by atoms with Gasteiger partial charge < -0.3 is 5.32 Å². The third kappa shape index (κ3) is 6.48. The molecule has 24 heavy (non-hydrogen) atoms. The van der Waals surface area contributed by atoms with Crippen LogP contribution in [0.25, 0.3) is 0 Å². The van der Waals surface area contributed by atoms with Gasteiger partial charge in [-0.05, 0) is 46.3 Å². The predicted octanol–water partition coefficient (Wildman–Crippen LogP) is 4.58. The Morgan fingerprint density at radius 1 is 1.25 bits per heavy atom. The number of nitrogens with one attached hydrogen (secondary N) is 1. The molecule has 1 heterocycles. The predicted molar refractivity (Wildman–Crippen MR) is 107 cm³/mol. The first-order chi connectivity index (χ1) is 10.5. The van der Waals surface area contributed by atoms with Crippen molar-refractivity contribution in [1.82, 2.24) is 10.2 Å². The molecule has 0 saturated carbocycles. The molecule has 1 aliphatic heterocycles. The van der Waals surface area contributed by atoms with Gasteiger partial charge in [0.05, 0.1) is 9.40 Å². The van der Waals surface area contributed by atoms with Crippen molar-refractivity contribution in [3.8, 4) is 0 Å². The smallest absolute Gasteiger partial charge is 0.283 e. The number of nitrogens with zero attached hydrogens (tertiary/aromatic N) is 2. The standard InChI is InChI=1S/C16H24BrN3O2.2ClH/c1-12(2)3-6-15(19-9-7-18-8-10-19)13-4-5-14(17)16(11-13)20(21)22;;/h4-5,11-12,15,18H,3,6-10H2,1-2H3;2*1H/t15-;;/m0../s1. The molecule has 1 aromatic carbocycles. The normalized spacial score (nSPS) is 16.2. The average Bonchev–Trinajstić information content (AvgIpc) is 2.49. The first-order valence-electron chi connectivity index (χ1n) is 7.87. The van der Waals surface area contributed by atoms with Crippen molar-refractivity contribution in [3.05, 3.63) is 38.3 Å². The fraction of sp³-hybridized carbons (Fsp3) is 0.625. The number of nitro groups is 1. The fourth-order valence-corrected chi connectivity index (χ4v) is 3.31. The lowest BCUT2D eigenvalue weighted by molar-refractivity contribution is -0.385. The van der Waals surface area contributed by atoms with Crippen molar-refractivity contribution in [3.63, 3.8) is 0 Å². The van der Waals surface area contributed by atoms with Gasteiger partial charge in [-0.25, -0.2) is 0 Å². The number of halogens is 3. The zero-order chi connectivity index (χ0) is 16.1. The van der Waals surface area contributed by atoms with Crippen LogP contribution in [-0.4, -0.2) is 36.0 Å². The van der Waals surface area contributed by atoms with Gasteiger partial charge in [0.2, 0.25) is 0 Å². The summed E-state index contributed by atoms with van der Waals surface area (Å²) in [5.41, 5.74) is 1.21. The van der Waals surface area contributed by atoms with E-state index in [0.717, 1.165) is 44.6 Å². The van der Waals surface area contributed by atoms with E-state index in [1.54, 1.807) is 12.1 Å². The van der Waals surface area contributed by atoms with Gasteiger partial charge in [-0.3, -0.25) is 15.0 Å². The van der Waals surface area contributed by atoms with Crippen molar-refractivity contribution in [2.75, 3.05) is 26.2 Å². The molecule has 8 heteroatoms. The number of hydrogen-bond acceptors (Lipinski definition) is 4. The largest absolute Gasteiger partial charge is 0.314 e. The second-order valence-electron chi connectivity index (χ2n) is 6.24. The molecule has 0 aromatic heterocycles. The van der Waals surface area contributed by atoms with Crippen LogP contribution in [0, 0.1) is 16.0 Å². The van der Waals surface area contributed by atoms with E-state index in [1.165, 1.54) is 0 Å². The van der Waals surface area contributed by atoms with Gasteiger partial charge in [-0.2, -0.15) is 0 Å². The minimum atomic E-state index is -0.315. The van der Waals surface area contributed by atoms with E-state index in [-0.39, 0.29) is 41.5 Å². The van der Waals surface area contributed by atoms with Crippen LogP contribution in [0.15, 0.2) is 22.7 Å². The van der Waals surface area contributed by atoms with Gasteiger partial charge in [-0.15, -0.1) is 24.8 Å². The quantitative estimate of drug-likeness (QED) is 0.517. The maximum atomic E-state index is 11.2. The highest BCUT2D eigenvalue weighted by Gasteiger charge is 2.24. The Labute approximate surface area is 164 Å². The molecular weight excluding hydrogens is 417 g/mol. The van der Waals surface area contributed by atoms with Crippen LogP contribution in [-0.2, 0) is 0 Å². The third-order valence-corrected chi connectivity index (χ3v) is 4.83. The monoisotopic (exact) mass is 441 g/mol. The zero-order valence-electron chi connectivity index (χ0n) is 14.0. The van der Waals surface area contributed by atoms with Crippen LogP contribution in [0.2, 0.25) is 0 Å². The Morgan fingerprint density at radius 3 is 2.42 bits per heavy atom. The van der Waals surface area contributed by atoms with Gasteiger partial charge in [-0.1, -0.05) is 19.9 Å². The van der Waals surface area contributed by atoms with Crippen LogP contribution in [0.1, 0.15) is 38.3 Å². The lowest BCUT2D eigenvalue weighted by atomic mass is 9.95. The number of nitro benzene ring substituents is 1. The van der Waals surface area contributed by atoms with Crippen LogP contribution in [0.5, 0.6) is 0 Å². The molecule has 0 aliphatic carbocycles. The van der Waals surface area contributed by atoms with Gasteiger partial charge >= 0.3 is 0 Å². The van der Waals surface area contributed by atoms with Gasteiger partial charge in [0.1, 0.15) is 0 Å². The molecule has 138 valence electrons. The number of rotatable bonds is 6. The van der Waals surface area contributed by atoms with Crippen molar-refractivity contribution < 1.29 is 4.92 Å². The highest BCUT2D eigenvalue weighted by atomic mass is 79.9. The maximum absolute atomic E-state index is 11.2. The average molecular weight is 443 g/mol. The van der Waals surface area contributed by atoms with Crippen molar-refractivity contribution >= 4 is 46.4 Å². The van der Waals surface area contributed by atoms with E-state index in [0.29, 0.717) is 10.4 Å². The van der Waals surface area contributed by atoms with Crippen LogP contribution in [0.3, 0.4) is 0 Å². The first-order valence-corrected chi connectivity index (χ1v) is 8.67. The molecule has 0 spiro atoms. The lowest BCUT2D eigenvalue weighted by Crippen LogP contribution is -2.45. The van der Waals surface area contributed by atoms with E-state index in [2.05, 4.69) is 40.0 Å². The summed E-state index contributed by atoms with van der Waals surface area (Å²) >= 11 is 3.27. The number of benzene rings is 1. The summed E-state index contributed by atoms with van der Waals surface area (Å²) in [5, 5.41) is 14.6.